The first-order valence-electron chi connectivity index (χ1n) is 6.09. The molecule has 17 heavy (non-hydrogen) atoms. The van der Waals surface area contributed by atoms with Gasteiger partial charge >= 0.3 is 0 Å². The first-order valence-corrected chi connectivity index (χ1v) is 6.88. The Hall–Kier alpha value is -0.770. The molecule has 4 heteroatoms. The van der Waals surface area contributed by atoms with Gasteiger partial charge in [-0.3, -0.25) is 4.79 Å². The van der Waals surface area contributed by atoms with Crippen LogP contribution in [0.4, 0.5) is 0 Å². The number of furan rings is 1. The van der Waals surface area contributed by atoms with Crippen LogP contribution in [0.1, 0.15) is 51.1 Å². The summed E-state index contributed by atoms with van der Waals surface area (Å²) in [6.07, 6.45) is 1.88. The van der Waals surface area contributed by atoms with E-state index >= 15 is 0 Å². The Bertz CT molecular complexity index is 365. The van der Waals surface area contributed by atoms with Crippen molar-refractivity contribution >= 4 is 21.8 Å². The summed E-state index contributed by atoms with van der Waals surface area (Å²) >= 11 is 3.22. The zero-order valence-electron chi connectivity index (χ0n) is 10.9. The number of nitrogens with zero attached hydrogens (tertiary/aromatic N) is 1. The van der Waals surface area contributed by atoms with Crippen molar-refractivity contribution in [3.05, 3.63) is 22.6 Å². The van der Waals surface area contributed by atoms with Crippen LogP contribution in [0, 0.1) is 0 Å². The maximum atomic E-state index is 12.4. The molecule has 0 N–H and O–H groups in total. The zero-order valence-corrected chi connectivity index (χ0v) is 12.5. The molecule has 0 saturated carbocycles. The summed E-state index contributed by atoms with van der Waals surface area (Å²) in [6, 6.07) is 3.91. The fraction of sp³-hybridized carbons (Fsp3) is 0.615. The predicted molar refractivity (Wildman–Crippen MR) is 72.1 cm³/mol. The van der Waals surface area contributed by atoms with Crippen LogP contribution >= 0.6 is 15.9 Å². The molecule has 0 saturated heterocycles. The number of halogens is 1. The molecule has 0 aliphatic carbocycles. The van der Waals surface area contributed by atoms with Gasteiger partial charge in [0.2, 0.25) is 0 Å². The summed E-state index contributed by atoms with van der Waals surface area (Å²) in [6.45, 7) is 8.32. The van der Waals surface area contributed by atoms with Crippen LogP contribution < -0.4 is 0 Å². The van der Waals surface area contributed by atoms with Gasteiger partial charge in [-0.05, 0) is 54.8 Å². The minimum Gasteiger partial charge on any atom is -0.444 e. The Labute approximate surface area is 111 Å². The number of carbonyl (C=O) groups is 1. The molecule has 3 nitrogen and oxygen atoms in total. The van der Waals surface area contributed by atoms with Gasteiger partial charge in [0.25, 0.3) is 5.91 Å². The molecule has 2 atom stereocenters. The zero-order chi connectivity index (χ0) is 13.0. The highest BCUT2D eigenvalue weighted by molar-refractivity contribution is 9.10. The van der Waals surface area contributed by atoms with Crippen molar-refractivity contribution in [2.75, 3.05) is 0 Å². The smallest absolute Gasteiger partial charge is 0.290 e. The van der Waals surface area contributed by atoms with E-state index in [9.17, 15) is 4.79 Å². The summed E-state index contributed by atoms with van der Waals surface area (Å²) in [7, 11) is 0. The maximum Gasteiger partial charge on any atom is 0.290 e. The molecule has 0 aromatic carbocycles. The van der Waals surface area contributed by atoms with Gasteiger partial charge in [0.1, 0.15) is 0 Å². The number of hydrogen-bond acceptors (Lipinski definition) is 2. The number of rotatable bonds is 5. The summed E-state index contributed by atoms with van der Waals surface area (Å²) in [5.74, 6) is 0.372. The van der Waals surface area contributed by atoms with Crippen molar-refractivity contribution in [1.82, 2.24) is 4.90 Å². The normalized spacial score (nSPS) is 14.4. The van der Waals surface area contributed by atoms with E-state index in [-0.39, 0.29) is 18.0 Å². The second-order valence-corrected chi connectivity index (χ2v) is 5.11. The molecule has 1 amide bonds. The average Bonchev–Trinajstić information content (AvgIpc) is 2.75. The SMILES string of the molecule is CCC(C)N(C(=O)c1ccc(Br)o1)C(C)CC. The molecule has 1 aromatic heterocycles. The van der Waals surface area contributed by atoms with Crippen LogP contribution in [-0.4, -0.2) is 22.9 Å². The molecule has 1 rings (SSSR count). The van der Waals surface area contributed by atoms with E-state index < -0.39 is 0 Å². The highest BCUT2D eigenvalue weighted by Gasteiger charge is 2.26. The molecule has 0 bridgehead atoms. The third-order valence-electron chi connectivity index (χ3n) is 3.15. The van der Waals surface area contributed by atoms with Gasteiger partial charge in [-0.1, -0.05) is 13.8 Å². The lowest BCUT2D eigenvalue weighted by molar-refractivity contribution is 0.0564. The second-order valence-electron chi connectivity index (χ2n) is 4.33. The molecule has 0 spiro atoms. The molecular weight excluding hydrogens is 282 g/mol. The second kappa shape index (κ2) is 6.24. The Morgan fingerprint density at radius 1 is 1.29 bits per heavy atom. The van der Waals surface area contributed by atoms with Crippen LogP contribution in [0.25, 0.3) is 0 Å². The molecule has 1 aromatic rings. The van der Waals surface area contributed by atoms with E-state index in [4.69, 9.17) is 4.42 Å². The number of hydrogen-bond donors (Lipinski definition) is 0. The van der Waals surface area contributed by atoms with Crippen molar-refractivity contribution in [2.24, 2.45) is 0 Å². The quantitative estimate of drug-likeness (QED) is 0.821. The Morgan fingerprint density at radius 3 is 2.18 bits per heavy atom. The minimum atomic E-state index is -0.0283. The monoisotopic (exact) mass is 301 g/mol. The van der Waals surface area contributed by atoms with Gasteiger partial charge in [0.05, 0.1) is 0 Å². The minimum absolute atomic E-state index is 0.0283. The Morgan fingerprint density at radius 2 is 1.82 bits per heavy atom. The van der Waals surface area contributed by atoms with Crippen LogP contribution in [0.15, 0.2) is 21.2 Å². The van der Waals surface area contributed by atoms with Crippen LogP contribution in [0.5, 0.6) is 0 Å². The van der Waals surface area contributed by atoms with Crippen LogP contribution in [0.2, 0.25) is 0 Å². The molecule has 0 radical (unpaired) electrons. The van der Waals surface area contributed by atoms with Crippen molar-refractivity contribution in [2.45, 2.75) is 52.6 Å². The fourth-order valence-electron chi connectivity index (χ4n) is 1.78. The molecule has 0 aliphatic heterocycles. The number of amides is 1. The lowest BCUT2D eigenvalue weighted by Gasteiger charge is -2.33. The van der Waals surface area contributed by atoms with E-state index in [1.165, 1.54) is 0 Å². The molecule has 0 aliphatic rings. The van der Waals surface area contributed by atoms with Crippen molar-refractivity contribution in [3.63, 3.8) is 0 Å². The van der Waals surface area contributed by atoms with Gasteiger partial charge in [-0.25, -0.2) is 0 Å². The summed E-state index contributed by atoms with van der Waals surface area (Å²) < 4.78 is 5.93. The van der Waals surface area contributed by atoms with Crippen LogP contribution in [-0.2, 0) is 0 Å². The predicted octanol–water partition coefficient (Wildman–Crippen LogP) is 4.08. The third-order valence-corrected chi connectivity index (χ3v) is 3.58. The van der Waals surface area contributed by atoms with Gasteiger partial charge in [0.15, 0.2) is 10.4 Å². The van der Waals surface area contributed by atoms with E-state index in [1.807, 2.05) is 4.90 Å². The lowest BCUT2D eigenvalue weighted by atomic mass is 10.1. The molecule has 1 heterocycles. The van der Waals surface area contributed by atoms with Crippen molar-refractivity contribution < 1.29 is 9.21 Å². The number of carbonyl (C=O) groups excluding carboxylic acids is 1. The van der Waals surface area contributed by atoms with E-state index in [2.05, 4.69) is 43.6 Å². The van der Waals surface area contributed by atoms with Gasteiger partial charge in [0, 0.05) is 12.1 Å². The highest BCUT2D eigenvalue weighted by Crippen LogP contribution is 2.20. The largest absolute Gasteiger partial charge is 0.444 e. The molecule has 96 valence electrons. The molecule has 0 fully saturated rings. The van der Waals surface area contributed by atoms with Crippen molar-refractivity contribution in [3.8, 4) is 0 Å². The van der Waals surface area contributed by atoms with Gasteiger partial charge in [-0.15, -0.1) is 0 Å². The first kappa shape index (κ1) is 14.3. The fourth-order valence-corrected chi connectivity index (χ4v) is 2.09. The Balaban J connectivity index is 2.94. The molecular formula is C13H20BrNO2. The van der Waals surface area contributed by atoms with E-state index in [0.717, 1.165) is 12.8 Å². The molecule has 2 unspecified atom stereocenters. The maximum absolute atomic E-state index is 12.4. The standard InChI is InChI=1S/C13H20BrNO2/c1-5-9(3)15(10(4)6-2)13(16)11-7-8-12(14)17-11/h7-10H,5-6H2,1-4H3. The third kappa shape index (κ3) is 3.35. The van der Waals surface area contributed by atoms with Crippen molar-refractivity contribution in [1.29, 1.82) is 0 Å². The summed E-state index contributed by atoms with van der Waals surface area (Å²) in [5.41, 5.74) is 0. The van der Waals surface area contributed by atoms with Crippen LogP contribution in [0.3, 0.4) is 0 Å². The van der Waals surface area contributed by atoms with E-state index in [0.29, 0.717) is 10.4 Å². The Kier molecular flexibility index (Phi) is 5.25. The van der Waals surface area contributed by atoms with E-state index in [1.54, 1.807) is 12.1 Å². The lowest BCUT2D eigenvalue weighted by Crippen LogP contribution is -2.44. The summed E-state index contributed by atoms with van der Waals surface area (Å²) in [4.78, 5) is 14.3. The van der Waals surface area contributed by atoms with Gasteiger partial charge < -0.3 is 9.32 Å². The highest BCUT2D eigenvalue weighted by atomic mass is 79.9. The van der Waals surface area contributed by atoms with Gasteiger partial charge in [-0.2, -0.15) is 0 Å². The first-order chi connectivity index (χ1) is 8.01. The summed E-state index contributed by atoms with van der Waals surface area (Å²) in [5, 5.41) is 0. The topological polar surface area (TPSA) is 33.5 Å². The average molecular weight is 302 g/mol.